The third-order valence-corrected chi connectivity index (χ3v) is 6.16. The van der Waals surface area contributed by atoms with Gasteiger partial charge >= 0.3 is 0 Å². The summed E-state index contributed by atoms with van der Waals surface area (Å²) in [6.07, 6.45) is 5.77. The van der Waals surface area contributed by atoms with E-state index >= 15 is 0 Å². The number of carbonyl (C=O) groups is 2. The Labute approximate surface area is 154 Å². The quantitative estimate of drug-likeness (QED) is 0.875. The highest BCUT2D eigenvalue weighted by Gasteiger charge is 2.57. The van der Waals surface area contributed by atoms with Gasteiger partial charge in [-0.15, -0.1) is 0 Å². The first-order valence-corrected chi connectivity index (χ1v) is 9.60. The number of anilines is 1. The highest BCUT2D eigenvalue weighted by molar-refractivity contribution is 5.84. The Morgan fingerprint density at radius 2 is 1.96 bits per heavy atom. The standard InChI is InChI=1S/C19H27N5O2/c1-13(2)10-16(25)23-8-4-19(5-9-23)15-12-24(11-14(15)17(26)22-19)18-20-6-3-7-21-18/h3,6-7,13-15H,4-5,8-12H2,1-2H3,(H,22,26)/t14-,15+/m1/s1. The van der Waals surface area contributed by atoms with E-state index < -0.39 is 0 Å². The summed E-state index contributed by atoms with van der Waals surface area (Å²) in [6, 6.07) is 1.80. The smallest absolute Gasteiger partial charge is 0.225 e. The molecular weight excluding hydrogens is 330 g/mol. The number of nitrogens with one attached hydrogen (secondary N) is 1. The summed E-state index contributed by atoms with van der Waals surface area (Å²) in [6.45, 7) is 7.09. The van der Waals surface area contributed by atoms with Gasteiger partial charge in [-0.1, -0.05) is 13.8 Å². The van der Waals surface area contributed by atoms with Crippen molar-refractivity contribution in [2.24, 2.45) is 17.8 Å². The average Bonchev–Trinajstić information content (AvgIpc) is 3.17. The Bertz CT molecular complexity index is 684. The van der Waals surface area contributed by atoms with Crippen molar-refractivity contribution < 1.29 is 9.59 Å². The first-order valence-electron chi connectivity index (χ1n) is 9.60. The van der Waals surface area contributed by atoms with E-state index in [2.05, 4.69) is 34.0 Å². The van der Waals surface area contributed by atoms with Crippen LogP contribution in [0.3, 0.4) is 0 Å². The molecule has 3 saturated heterocycles. The van der Waals surface area contributed by atoms with Crippen LogP contribution >= 0.6 is 0 Å². The molecule has 4 heterocycles. The summed E-state index contributed by atoms with van der Waals surface area (Å²) >= 11 is 0. The van der Waals surface area contributed by atoms with Gasteiger partial charge in [0, 0.05) is 56.5 Å². The Morgan fingerprint density at radius 1 is 1.27 bits per heavy atom. The van der Waals surface area contributed by atoms with Crippen LogP contribution in [0.5, 0.6) is 0 Å². The Hall–Kier alpha value is -2.18. The van der Waals surface area contributed by atoms with Crippen LogP contribution in [-0.2, 0) is 9.59 Å². The topological polar surface area (TPSA) is 78.4 Å². The Kier molecular flexibility index (Phi) is 4.32. The van der Waals surface area contributed by atoms with Crippen molar-refractivity contribution in [3.63, 3.8) is 0 Å². The molecule has 0 aromatic carbocycles. The summed E-state index contributed by atoms with van der Waals surface area (Å²) in [5.41, 5.74) is -0.181. The molecule has 1 spiro atoms. The van der Waals surface area contributed by atoms with Crippen molar-refractivity contribution in [3.8, 4) is 0 Å². The molecule has 26 heavy (non-hydrogen) atoms. The molecular formula is C19H27N5O2. The largest absolute Gasteiger partial charge is 0.350 e. The van der Waals surface area contributed by atoms with Gasteiger partial charge in [0.2, 0.25) is 17.8 Å². The summed E-state index contributed by atoms with van der Waals surface area (Å²) in [5.74, 6) is 1.73. The van der Waals surface area contributed by atoms with Gasteiger partial charge in [0.25, 0.3) is 0 Å². The molecule has 7 heteroatoms. The van der Waals surface area contributed by atoms with Crippen molar-refractivity contribution in [2.75, 3.05) is 31.1 Å². The SMILES string of the molecule is CC(C)CC(=O)N1CCC2(CC1)NC(=O)[C@@H]1CN(c3ncccn3)C[C@@H]12. The van der Waals surface area contributed by atoms with Gasteiger partial charge in [0.1, 0.15) is 0 Å². The summed E-state index contributed by atoms with van der Waals surface area (Å²) < 4.78 is 0. The molecule has 1 aromatic heterocycles. The average molecular weight is 357 g/mol. The zero-order valence-electron chi connectivity index (χ0n) is 15.5. The lowest BCUT2D eigenvalue weighted by Crippen LogP contribution is -2.56. The maximum Gasteiger partial charge on any atom is 0.225 e. The molecule has 1 aromatic rings. The second kappa shape index (κ2) is 6.52. The molecule has 0 unspecified atom stereocenters. The van der Waals surface area contributed by atoms with E-state index in [0.29, 0.717) is 24.8 Å². The molecule has 2 amide bonds. The molecule has 0 radical (unpaired) electrons. The molecule has 3 aliphatic rings. The predicted octanol–water partition coefficient (Wildman–Crippen LogP) is 1.07. The number of carbonyl (C=O) groups excluding carboxylic acids is 2. The van der Waals surface area contributed by atoms with Crippen LogP contribution in [0.1, 0.15) is 33.1 Å². The number of amides is 2. The maximum absolute atomic E-state index is 12.6. The van der Waals surface area contributed by atoms with Crippen molar-refractivity contribution in [1.29, 1.82) is 0 Å². The number of piperidine rings is 1. The molecule has 140 valence electrons. The van der Waals surface area contributed by atoms with Gasteiger partial charge in [0.05, 0.1) is 5.92 Å². The fourth-order valence-corrected chi connectivity index (χ4v) is 4.81. The number of likely N-dealkylation sites (tertiary alicyclic amines) is 1. The lowest BCUT2D eigenvalue weighted by molar-refractivity contribution is -0.133. The molecule has 7 nitrogen and oxygen atoms in total. The molecule has 0 aliphatic carbocycles. The van der Waals surface area contributed by atoms with Crippen LogP contribution in [-0.4, -0.2) is 58.4 Å². The normalized spacial score (nSPS) is 27.1. The van der Waals surface area contributed by atoms with Crippen molar-refractivity contribution in [2.45, 2.75) is 38.6 Å². The van der Waals surface area contributed by atoms with E-state index in [0.717, 1.165) is 32.5 Å². The number of fused-ring (bicyclic) bond motifs is 2. The van der Waals surface area contributed by atoms with Crippen molar-refractivity contribution in [3.05, 3.63) is 18.5 Å². The first kappa shape index (κ1) is 17.2. The molecule has 3 aliphatic heterocycles. The number of rotatable bonds is 3. The maximum atomic E-state index is 12.6. The van der Waals surface area contributed by atoms with E-state index in [-0.39, 0.29) is 29.2 Å². The van der Waals surface area contributed by atoms with Gasteiger partial charge in [0.15, 0.2) is 0 Å². The summed E-state index contributed by atoms with van der Waals surface area (Å²) in [5, 5.41) is 3.30. The monoisotopic (exact) mass is 357 g/mol. The number of hydrogen-bond donors (Lipinski definition) is 1. The van der Waals surface area contributed by atoms with Crippen molar-refractivity contribution >= 4 is 17.8 Å². The van der Waals surface area contributed by atoms with Gasteiger partial charge in [-0.3, -0.25) is 9.59 Å². The van der Waals surface area contributed by atoms with Crippen LogP contribution < -0.4 is 10.2 Å². The molecule has 0 bridgehead atoms. The predicted molar refractivity (Wildman–Crippen MR) is 97.4 cm³/mol. The molecule has 3 fully saturated rings. The van der Waals surface area contributed by atoms with E-state index in [4.69, 9.17) is 0 Å². The van der Waals surface area contributed by atoms with E-state index in [9.17, 15) is 9.59 Å². The summed E-state index contributed by atoms with van der Waals surface area (Å²) in [4.78, 5) is 37.7. The second-order valence-corrected chi connectivity index (χ2v) is 8.29. The summed E-state index contributed by atoms with van der Waals surface area (Å²) in [7, 11) is 0. The van der Waals surface area contributed by atoms with Gasteiger partial charge in [-0.25, -0.2) is 9.97 Å². The number of aromatic nitrogens is 2. The van der Waals surface area contributed by atoms with E-state index in [1.165, 1.54) is 0 Å². The van der Waals surface area contributed by atoms with Gasteiger partial charge in [-0.2, -0.15) is 0 Å². The van der Waals surface area contributed by atoms with Crippen LogP contribution in [0.2, 0.25) is 0 Å². The zero-order valence-corrected chi connectivity index (χ0v) is 15.5. The van der Waals surface area contributed by atoms with E-state index in [1.807, 2.05) is 4.90 Å². The molecule has 4 rings (SSSR count). The fourth-order valence-electron chi connectivity index (χ4n) is 4.81. The Morgan fingerprint density at radius 3 is 2.62 bits per heavy atom. The van der Waals surface area contributed by atoms with Gasteiger partial charge in [-0.05, 0) is 24.8 Å². The van der Waals surface area contributed by atoms with Crippen LogP contribution in [0.15, 0.2) is 18.5 Å². The second-order valence-electron chi connectivity index (χ2n) is 8.29. The van der Waals surface area contributed by atoms with E-state index in [1.54, 1.807) is 18.5 Å². The van der Waals surface area contributed by atoms with Crippen LogP contribution in [0.25, 0.3) is 0 Å². The van der Waals surface area contributed by atoms with Crippen LogP contribution in [0.4, 0.5) is 5.95 Å². The van der Waals surface area contributed by atoms with Crippen LogP contribution in [0, 0.1) is 17.8 Å². The molecule has 0 saturated carbocycles. The third-order valence-electron chi connectivity index (χ3n) is 6.16. The number of hydrogen-bond acceptors (Lipinski definition) is 5. The first-order chi connectivity index (χ1) is 12.5. The third kappa shape index (κ3) is 2.93. The lowest BCUT2D eigenvalue weighted by atomic mass is 9.75. The highest BCUT2D eigenvalue weighted by Crippen LogP contribution is 2.44. The minimum atomic E-state index is -0.181. The highest BCUT2D eigenvalue weighted by atomic mass is 16.2. The minimum absolute atomic E-state index is 0.00304. The molecule has 2 atom stereocenters. The number of nitrogens with zero attached hydrogens (tertiary/aromatic N) is 4. The van der Waals surface area contributed by atoms with Gasteiger partial charge < -0.3 is 15.1 Å². The zero-order chi connectivity index (χ0) is 18.3. The Balaban J connectivity index is 1.45. The minimum Gasteiger partial charge on any atom is -0.350 e. The molecule has 1 N–H and O–H groups in total. The lowest BCUT2D eigenvalue weighted by Gasteiger charge is -2.43. The van der Waals surface area contributed by atoms with Crippen molar-refractivity contribution in [1.82, 2.24) is 20.2 Å². The fraction of sp³-hybridized carbons (Fsp3) is 0.684.